The lowest BCUT2D eigenvalue weighted by Gasteiger charge is -2.10. The Bertz CT molecular complexity index is 1120. The Kier molecular flexibility index (Phi) is 5.39. The number of nitrogens with zero attached hydrogens (tertiary/aromatic N) is 1. The minimum Gasteiger partial charge on any atom is -0.274 e. The molecule has 0 unspecified atom stereocenters. The second-order valence-corrected chi connectivity index (χ2v) is 8.35. The van der Waals surface area contributed by atoms with Crippen LogP contribution in [0.1, 0.15) is 5.56 Å². The first-order valence-electron chi connectivity index (χ1n) is 7.30. The first-order valence-corrected chi connectivity index (χ1v) is 9.92. The van der Waals surface area contributed by atoms with Crippen molar-refractivity contribution in [3.8, 4) is 0 Å². The number of fused-ring (bicyclic) bond motifs is 1. The van der Waals surface area contributed by atoms with Gasteiger partial charge < -0.3 is 0 Å². The molecule has 0 radical (unpaired) electrons. The number of benzene rings is 2. The lowest BCUT2D eigenvalue weighted by molar-refractivity contribution is -0.118. The van der Waals surface area contributed by atoms with Crippen LogP contribution in [0.15, 0.2) is 53.6 Å². The van der Waals surface area contributed by atoms with E-state index in [-0.39, 0.29) is 26.9 Å². The predicted molar refractivity (Wildman–Crippen MR) is 102 cm³/mol. The quantitative estimate of drug-likeness (QED) is 0.673. The number of amides is 1. The molecule has 0 aliphatic carbocycles. The van der Waals surface area contributed by atoms with Crippen molar-refractivity contribution in [2.45, 2.75) is 11.3 Å². The fourth-order valence-corrected chi connectivity index (χ4v) is 4.36. The highest BCUT2D eigenvalue weighted by atomic mass is 35.5. The molecule has 0 bridgehead atoms. The summed E-state index contributed by atoms with van der Waals surface area (Å²) >= 11 is 17.8. The maximum atomic E-state index is 12.7. The highest BCUT2D eigenvalue weighted by Crippen LogP contribution is 2.26. The summed E-state index contributed by atoms with van der Waals surface area (Å²) < 4.78 is 27.3. The molecule has 0 saturated heterocycles. The van der Waals surface area contributed by atoms with Gasteiger partial charge in [-0.05, 0) is 35.9 Å². The van der Waals surface area contributed by atoms with Crippen LogP contribution in [-0.2, 0) is 21.2 Å². The van der Waals surface area contributed by atoms with Crippen LogP contribution in [0.4, 0.5) is 0 Å². The predicted octanol–water partition coefficient (Wildman–Crippen LogP) is 4.24. The first-order chi connectivity index (χ1) is 12.3. The average molecular weight is 430 g/mol. The minimum absolute atomic E-state index is 0.170. The topological polar surface area (TPSA) is 76.1 Å². The molecule has 5 nitrogen and oxygen atoms in total. The SMILES string of the molecule is O=C(Cc1ccc(Cl)cc1Cl)NS(=O)(=O)c1cc(Cl)cc2cccnc12. The third-order valence-corrected chi connectivity index (χ3v) is 5.73. The summed E-state index contributed by atoms with van der Waals surface area (Å²) in [7, 11) is -4.17. The summed E-state index contributed by atoms with van der Waals surface area (Å²) in [4.78, 5) is 16.1. The summed E-state index contributed by atoms with van der Waals surface area (Å²) in [6.07, 6.45) is 1.24. The molecule has 0 aliphatic rings. The Balaban J connectivity index is 1.91. The van der Waals surface area contributed by atoms with Gasteiger partial charge in [-0.1, -0.05) is 46.9 Å². The van der Waals surface area contributed by atoms with Gasteiger partial charge in [0, 0.05) is 26.7 Å². The van der Waals surface area contributed by atoms with E-state index < -0.39 is 15.9 Å². The van der Waals surface area contributed by atoms with E-state index in [1.807, 2.05) is 4.72 Å². The van der Waals surface area contributed by atoms with Crippen molar-refractivity contribution in [1.29, 1.82) is 0 Å². The number of carbonyl (C=O) groups excluding carboxylic acids is 1. The summed E-state index contributed by atoms with van der Waals surface area (Å²) in [6.45, 7) is 0. The van der Waals surface area contributed by atoms with Crippen molar-refractivity contribution in [3.63, 3.8) is 0 Å². The van der Waals surface area contributed by atoms with Gasteiger partial charge in [0.1, 0.15) is 4.90 Å². The second kappa shape index (κ2) is 7.40. The van der Waals surface area contributed by atoms with Crippen LogP contribution < -0.4 is 4.72 Å². The third kappa shape index (κ3) is 4.10. The van der Waals surface area contributed by atoms with E-state index in [0.29, 0.717) is 16.0 Å². The van der Waals surface area contributed by atoms with Gasteiger partial charge in [0.15, 0.2) is 0 Å². The van der Waals surface area contributed by atoms with Crippen molar-refractivity contribution in [3.05, 3.63) is 69.3 Å². The molecule has 26 heavy (non-hydrogen) atoms. The van der Waals surface area contributed by atoms with Crippen LogP contribution in [0.25, 0.3) is 10.9 Å². The van der Waals surface area contributed by atoms with Crippen molar-refractivity contribution in [1.82, 2.24) is 9.71 Å². The fourth-order valence-electron chi connectivity index (χ4n) is 2.41. The van der Waals surface area contributed by atoms with E-state index in [9.17, 15) is 13.2 Å². The number of pyridine rings is 1. The number of aromatic nitrogens is 1. The van der Waals surface area contributed by atoms with E-state index in [1.54, 1.807) is 30.3 Å². The van der Waals surface area contributed by atoms with Gasteiger partial charge in [0.25, 0.3) is 10.0 Å². The molecule has 0 saturated carbocycles. The zero-order chi connectivity index (χ0) is 18.9. The van der Waals surface area contributed by atoms with Gasteiger partial charge in [-0.2, -0.15) is 0 Å². The Morgan fingerprint density at radius 1 is 1.04 bits per heavy atom. The van der Waals surface area contributed by atoms with Crippen molar-refractivity contribution >= 4 is 61.6 Å². The lowest BCUT2D eigenvalue weighted by atomic mass is 10.1. The number of nitrogens with one attached hydrogen (secondary N) is 1. The van der Waals surface area contributed by atoms with Crippen molar-refractivity contribution < 1.29 is 13.2 Å². The van der Waals surface area contributed by atoms with Crippen LogP contribution in [0.2, 0.25) is 15.1 Å². The molecule has 0 aliphatic heterocycles. The largest absolute Gasteiger partial charge is 0.274 e. The smallest absolute Gasteiger partial charge is 0.266 e. The standard InChI is InChI=1S/C17H11Cl3N2O3S/c18-12-4-3-10(14(20)8-12)7-16(23)22-26(24,25)15-9-13(19)6-11-2-1-5-21-17(11)15/h1-6,8-9H,7H2,(H,22,23). The highest BCUT2D eigenvalue weighted by Gasteiger charge is 2.22. The Morgan fingerprint density at radius 2 is 1.81 bits per heavy atom. The van der Waals surface area contributed by atoms with E-state index in [2.05, 4.69) is 4.98 Å². The number of rotatable bonds is 4. The van der Waals surface area contributed by atoms with Gasteiger partial charge >= 0.3 is 0 Å². The first kappa shape index (κ1) is 18.9. The van der Waals surface area contributed by atoms with Crippen LogP contribution >= 0.6 is 34.8 Å². The molecule has 3 rings (SSSR count). The third-order valence-electron chi connectivity index (χ3n) is 3.54. The number of sulfonamides is 1. The molecule has 9 heteroatoms. The van der Waals surface area contributed by atoms with Crippen LogP contribution in [0.5, 0.6) is 0 Å². The zero-order valence-electron chi connectivity index (χ0n) is 13.0. The molecule has 2 aromatic carbocycles. The summed E-state index contributed by atoms with van der Waals surface area (Å²) in [5.41, 5.74) is 0.680. The summed E-state index contributed by atoms with van der Waals surface area (Å²) in [6, 6.07) is 10.8. The van der Waals surface area contributed by atoms with Crippen LogP contribution in [-0.4, -0.2) is 19.3 Å². The van der Waals surface area contributed by atoms with Crippen molar-refractivity contribution in [2.24, 2.45) is 0 Å². The number of hydrogen-bond acceptors (Lipinski definition) is 4. The monoisotopic (exact) mass is 428 g/mol. The van der Waals surface area contributed by atoms with Gasteiger partial charge in [-0.3, -0.25) is 9.78 Å². The zero-order valence-corrected chi connectivity index (χ0v) is 16.1. The van der Waals surface area contributed by atoms with Gasteiger partial charge in [-0.15, -0.1) is 0 Å². The molecule has 0 spiro atoms. The summed E-state index contributed by atoms with van der Waals surface area (Å²) in [5, 5.41) is 1.47. The van der Waals surface area contributed by atoms with E-state index in [1.165, 1.54) is 18.3 Å². The van der Waals surface area contributed by atoms with Crippen LogP contribution in [0.3, 0.4) is 0 Å². The van der Waals surface area contributed by atoms with E-state index in [0.717, 1.165) is 0 Å². The number of hydrogen-bond donors (Lipinski definition) is 1. The molecule has 1 N–H and O–H groups in total. The molecule has 134 valence electrons. The van der Waals surface area contributed by atoms with E-state index in [4.69, 9.17) is 34.8 Å². The minimum atomic E-state index is -4.17. The number of halogens is 3. The lowest BCUT2D eigenvalue weighted by Crippen LogP contribution is -2.32. The van der Waals surface area contributed by atoms with Gasteiger partial charge in [0.2, 0.25) is 5.91 Å². The Hall–Kier alpha value is -1.86. The van der Waals surface area contributed by atoms with Crippen LogP contribution in [0, 0.1) is 0 Å². The molecule has 1 aromatic heterocycles. The van der Waals surface area contributed by atoms with Gasteiger partial charge in [-0.25, -0.2) is 13.1 Å². The molecular formula is C17H11Cl3N2O3S. The molecule has 1 amide bonds. The normalized spacial score (nSPS) is 11.5. The Morgan fingerprint density at radius 3 is 2.54 bits per heavy atom. The molecule has 0 fully saturated rings. The highest BCUT2D eigenvalue weighted by molar-refractivity contribution is 7.90. The molecular weight excluding hydrogens is 419 g/mol. The maximum Gasteiger partial charge on any atom is 0.266 e. The fraction of sp³-hybridized carbons (Fsp3) is 0.0588. The molecule has 3 aromatic rings. The average Bonchev–Trinajstić information content (AvgIpc) is 2.56. The van der Waals surface area contributed by atoms with E-state index >= 15 is 0 Å². The second-order valence-electron chi connectivity index (χ2n) is 5.42. The molecule has 0 atom stereocenters. The van der Waals surface area contributed by atoms with Gasteiger partial charge in [0.05, 0.1) is 11.9 Å². The van der Waals surface area contributed by atoms with Crippen molar-refractivity contribution in [2.75, 3.05) is 0 Å². The maximum absolute atomic E-state index is 12.7. The summed E-state index contributed by atoms with van der Waals surface area (Å²) in [5.74, 6) is -0.738. The number of carbonyl (C=O) groups is 1. The Labute approximate surface area is 165 Å². The molecule has 1 heterocycles.